The highest BCUT2D eigenvalue weighted by molar-refractivity contribution is 7.80. The summed E-state index contributed by atoms with van der Waals surface area (Å²) in [6.07, 6.45) is 4.50. The minimum atomic E-state index is -1.13. The van der Waals surface area contributed by atoms with Gasteiger partial charge >= 0.3 is 5.97 Å². The summed E-state index contributed by atoms with van der Waals surface area (Å²) in [7, 11) is 0. The molecule has 0 aliphatic carbocycles. The Hall–Kier alpha value is -2.87. The van der Waals surface area contributed by atoms with Gasteiger partial charge in [-0.05, 0) is 35.8 Å². The van der Waals surface area contributed by atoms with E-state index in [2.05, 4.69) is 28.2 Å². The number of aliphatic carboxylic acids is 1. The van der Waals surface area contributed by atoms with Crippen LogP contribution >= 0.6 is 12.6 Å². The number of aromatic nitrogens is 1. The molecular weight excluding hydrogens is 390 g/mol. The van der Waals surface area contributed by atoms with E-state index in [0.29, 0.717) is 18.6 Å². The molecule has 0 spiro atoms. The molecule has 3 N–H and O–H groups in total. The largest absolute Gasteiger partial charge is 0.480 e. The molecule has 0 radical (unpaired) electrons. The van der Waals surface area contributed by atoms with E-state index in [0.717, 1.165) is 11.1 Å². The molecule has 0 bridgehead atoms. The van der Waals surface area contributed by atoms with Crippen LogP contribution in [0.2, 0.25) is 0 Å². The third-order valence-electron chi connectivity index (χ3n) is 4.33. The highest BCUT2D eigenvalue weighted by atomic mass is 32.1. The van der Waals surface area contributed by atoms with E-state index in [1.54, 1.807) is 30.6 Å². The lowest BCUT2D eigenvalue weighted by Crippen LogP contribution is -2.52. The number of pyridine rings is 1. The van der Waals surface area contributed by atoms with Gasteiger partial charge in [0, 0.05) is 25.2 Å². The highest BCUT2D eigenvalue weighted by Crippen LogP contribution is 2.06. The van der Waals surface area contributed by atoms with Crippen molar-refractivity contribution in [1.82, 2.24) is 15.6 Å². The predicted octanol–water partition coefficient (Wildman–Crippen LogP) is 1.63. The molecule has 7 nitrogen and oxygen atoms in total. The van der Waals surface area contributed by atoms with Crippen LogP contribution in [0.15, 0.2) is 54.9 Å². The van der Waals surface area contributed by atoms with Crippen molar-refractivity contribution < 1.29 is 19.5 Å². The average molecular weight is 416 g/mol. The average Bonchev–Trinajstić information content (AvgIpc) is 2.73. The molecule has 1 aromatic carbocycles. The molecule has 2 rings (SSSR count). The molecule has 29 heavy (non-hydrogen) atoms. The van der Waals surface area contributed by atoms with Crippen LogP contribution in [0.1, 0.15) is 24.0 Å². The molecule has 2 atom stereocenters. The number of nitrogens with one attached hydrogen (secondary N) is 2. The number of carbonyl (C=O) groups is 3. The van der Waals surface area contributed by atoms with Gasteiger partial charge in [0.05, 0.1) is 0 Å². The Balaban J connectivity index is 1.93. The van der Waals surface area contributed by atoms with E-state index in [9.17, 15) is 19.5 Å². The zero-order valence-corrected chi connectivity index (χ0v) is 16.8. The fourth-order valence-electron chi connectivity index (χ4n) is 2.79. The smallest absolute Gasteiger partial charge is 0.326 e. The Labute approximate surface area is 175 Å². The van der Waals surface area contributed by atoms with Crippen molar-refractivity contribution >= 4 is 30.4 Å². The summed E-state index contributed by atoms with van der Waals surface area (Å²) >= 11 is 4.14. The van der Waals surface area contributed by atoms with Crippen molar-refractivity contribution in [3.8, 4) is 0 Å². The van der Waals surface area contributed by atoms with E-state index in [-0.39, 0.29) is 18.7 Å². The summed E-state index contributed by atoms with van der Waals surface area (Å²) in [4.78, 5) is 40.5. The number of thiol groups is 1. The quantitative estimate of drug-likeness (QED) is 0.417. The zero-order valence-electron chi connectivity index (χ0n) is 16.0. The molecule has 2 amide bonds. The zero-order chi connectivity index (χ0) is 21.1. The second-order valence-corrected chi connectivity index (χ2v) is 7.03. The minimum absolute atomic E-state index is 0.157. The Morgan fingerprint density at radius 2 is 1.72 bits per heavy atom. The van der Waals surface area contributed by atoms with Crippen LogP contribution in [0.3, 0.4) is 0 Å². The van der Waals surface area contributed by atoms with Gasteiger partial charge in [0.1, 0.15) is 12.1 Å². The Morgan fingerprint density at radius 3 is 2.34 bits per heavy atom. The maximum absolute atomic E-state index is 12.6. The van der Waals surface area contributed by atoms with Crippen molar-refractivity contribution in [1.29, 1.82) is 0 Å². The number of hydrogen-bond acceptors (Lipinski definition) is 5. The van der Waals surface area contributed by atoms with Gasteiger partial charge in [-0.3, -0.25) is 14.6 Å². The van der Waals surface area contributed by atoms with Gasteiger partial charge in [0.15, 0.2) is 0 Å². The molecule has 0 saturated heterocycles. The number of aryl methyl sites for hydroxylation is 1. The van der Waals surface area contributed by atoms with Gasteiger partial charge in [-0.25, -0.2) is 4.79 Å². The maximum atomic E-state index is 12.6. The van der Waals surface area contributed by atoms with Crippen LogP contribution < -0.4 is 10.6 Å². The van der Waals surface area contributed by atoms with Crippen LogP contribution in [0.25, 0.3) is 0 Å². The molecule has 0 saturated carbocycles. The topological polar surface area (TPSA) is 108 Å². The standard InChI is InChI=1S/C21H25N3O4S/c25-19(9-8-16-7-4-11-22-14-16)23-17(10-12-29)20(26)24-18(21(27)28)13-15-5-2-1-3-6-15/h1-7,11,14,17-18,29H,8-10,12-13H2,(H,23,25)(H,24,26)(H,27,28)/t17?,18-/m1/s1. The Morgan fingerprint density at radius 1 is 1.00 bits per heavy atom. The minimum Gasteiger partial charge on any atom is -0.480 e. The number of carboxylic acids is 1. The molecule has 8 heteroatoms. The fourth-order valence-corrected chi connectivity index (χ4v) is 3.05. The SMILES string of the molecule is O=C(CCc1cccnc1)NC(CCS)C(=O)N[C@H](Cc1ccccc1)C(=O)O. The van der Waals surface area contributed by atoms with Crippen LogP contribution in [-0.4, -0.2) is 45.7 Å². The molecule has 2 aromatic rings. The van der Waals surface area contributed by atoms with Crippen LogP contribution in [0.5, 0.6) is 0 Å². The lowest BCUT2D eigenvalue weighted by molar-refractivity contribution is -0.142. The second kappa shape index (κ2) is 11.9. The van der Waals surface area contributed by atoms with Gasteiger partial charge in [-0.15, -0.1) is 0 Å². The van der Waals surface area contributed by atoms with Crippen molar-refractivity contribution in [2.75, 3.05) is 5.75 Å². The molecule has 154 valence electrons. The first-order valence-electron chi connectivity index (χ1n) is 9.36. The summed E-state index contributed by atoms with van der Waals surface area (Å²) in [5.74, 6) is -1.57. The number of benzene rings is 1. The van der Waals surface area contributed by atoms with E-state index in [4.69, 9.17) is 0 Å². The van der Waals surface area contributed by atoms with Gasteiger partial charge in [-0.1, -0.05) is 36.4 Å². The maximum Gasteiger partial charge on any atom is 0.326 e. The van der Waals surface area contributed by atoms with Crippen molar-refractivity contribution in [2.24, 2.45) is 0 Å². The summed E-state index contributed by atoms with van der Waals surface area (Å²) in [6, 6.07) is 10.8. The number of rotatable bonds is 11. The molecule has 0 fully saturated rings. The molecular formula is C21H25N3O4S. The summed E-state index contributed by atoms with van der Waals surface area (Å²) in [6.45, 7) is 0. The van der Waals surface area contributed by atoms with Crippen LogP contribution in [0, 0.1) is 0 Å². The van der Waals surface area contributed by atoms with Crippen molar-refractivity contribution in [3.63, 3.8) is 0 Å². The van der Waals surface area contributed by atoms with Crippen molar-refractivity contribution in [3.05, 3.63) is 66.0 Å². The highest BCUT2D eigenvalue weighted by Gasteiger charge is 2.26. The van der Waals surface area contributed by atoms with Crippen molar-refractivity contribution in [2.45, 2.75) is 37.8 Å². The van der Waals surface area contributed by atoms with Crippen LogP contribution in [-0.2, 0) is 27.2 Å². The first-order chi connectivity index (χ1) is 14.0. The summed E-state index contributed by atoms with van der Waals surface area (Å²) in [5, 5.41) is 14.7. The molecule has 1 unspecified atom stereocenters. The van der Waals surface area contributed by atoms with E-state index >= 15 is 0 Å². The third kappa shape index (κ3) is 7.95. The van der Waals surface area contributed by atoms with E-state index < -0.39 is 24.0 Å². The molecule has 0 aliphatic rings. The molecule has 1 heterocycles. The van der Waals surface area contributed by atoms with Crippen LogP contribution in [0.4, 0.5) is 0 Å². The van der Waals surface area contributed by atoms with Gasteiger partial charge in [0.2, 0.25) is 11.8 Å². The lowest BCUT2D eigenvalue weighted by Gasteiger charge is -2.21. The Kier molecular flexibility index (Phi) is 9.17. The number of carbonyl (C=O) groups excluding carboxylic acids is 2. The molecule has 1 aromatic heterocycles. The third-order valence-corrected chi connectivity index (χ3v) is 4.59. The van der Waals surface area contributed by atoms with E-state index in [1.165, 1.54) is 0 Å². The second-order valence-electron chi connectivity index (χ2n) is 6.58. The number of amides is 2. The monoisotopic (exact) mass is 415 g/mol. The van der Waals surface area contributed by atoms with Gasteiger partial charge in [0.25, 0.3) is 0 Å². The first-order valence-corrected chi connectivity index (χ1v) is 9.99. The normalized spacial score (nSPS) is 12.6. The Bertz CT molecular complexity index is 802. The predicted molar refractivity (Wildman–Crippen MR) is 113 cm³/mol. The fraction of sp³-hybridized carbons (Fsp3) is 0.333. The number of nitrogens with zero attached hydrogens (tertiary/aromatic N) is 1. The van der Waals surface area contributed by atoms with Gasteiger partial charge < -0.3 is 15.7 Å². The number of carboxylic acid groups (broad SMARTS) is 1. The summed E-state index contributed by atoms with van der Waals surface area (Å²) in [5.41, 5.74) is 1.72. The lowest BCUT2D eigenvalue weighted by atomic mass is 10.1. The number of hydrogen-bond donors (Lipinski definition) is 4. The first kappa shape index (κ1) is 22.4. The molecule has 0 aliphatic heterocycles. The van der Waals surface area contributed by atoms with Gasteiger partial charge in [-0.2, -0.15) is 12.6 Å². The summed E-state index contributed by atoms with van der Waals surface area (Å²) < 4.78 is 0. The van der Waals surface area contributed by atoms with E-state index in [1.807, 2.05) is 24.3 Å².